The topological polar surface area (TPSA) is 89.3 Å². The number of sulfone groups is 1. The minimum Gasteiger partial charge on any atom is -0.360 e. The Labute approximate surface area is 127 Å². The third-order valence-corrected chi connectivity index (χ3v) is 5.11. The Kier molecular flexibility index (Phi) is 4.60. The van der Waals surface area contributed by atoms with Gasteiger partial charge in [0.15, 0.2) is 15.7 Å². The van der Waals surface area contributed by atoms with Gasteiger partial charge in [0, 0.05) is 11.6 Å². The molecule has 2 aromatic rings. The minimum absolute atomic E-state index is 0.0273. The maximum Gasteiger partial charge on any atom is 0.243 e. The van der Waals surface area contributed by atoms with E-state index < -0.39 is 32.6 Å². The van der Waals surface area contributed by atoms with Crippen LogP contribution in [0.5, 0.6) is 0 Å². The first-order chi connectivity index (χ1) is 10.3. The zero-order valence-corrected chi connectivity index (χ0v) is 12.9. The average Bonchev–Trinajstić information content (AvgIpc) is 2.85. The van der Waals surface area contributed by atoms with Gasteiger partial charge in [0.25, 0.3) is 0 Å². The summed E-state index contributed by atoms with van der Waals surface area (Å²) in [5.41, 5.74) is 0.0273. The number of carbonyl (C=O) groups excluding carboxylic acids is 1. The highest BCUT2D eigenvalue weighted by atomic mass is 32.2. The van der Waals surface area contributed by atoms with E-state index in [0.29, 0.717) is 5.76 Å². The molecular weight excluding hydrogens is 311 g/mol. The Morgan fingerprint density at radius 1 is 1.41 bits per heavy atom. The highest BCUT2D eigenvalue weighted by molar-refractivity contribution is 7.92. The van der Waals surface area contributed by atoms with E-state index in [4.69, 9.17) is 4.52 Å². The van der Waals surface area contributed by atoms with Crippen molar-refractivity contribution in [2.75, 3.05) is 5.32 Å². The van der Waals surface area contributed by atoms with Crippen molar-refractivity contribution < 1.29 is 22.1 Å². The van der Waals surface area contributed by atoms with Gasteiger partial charge in [0.2, 0.25) is 5.91 Å². The number of amides is 1. The first kappa shape index (κ1) is 16.2. The van der Waals surface area contributed by atoms with Crippen LogP contribution in [0.3, 0.4) is 0 Å². The van der Waals surface area contributed by atoms with Gasteiger partial charge in [-0.3, -0.25) is 4.79 Å². The summed E-state index contributed by atoms with van der Waals surface area (Å²) in [5.74, 6) is -1.30. The van der Waals surface area contributed by atoms with Crippen molar-refractivity contribution >= 4 is 21.6 Å². The highest BCUT2D eigenvalue weighted by Gasteiger charge is 2.29. The molecule has 0 saturated carbocycles. The zero-order valence-electron chi connectivity index (χ0n) is 12.0. The fourth-order valence-corrected chi connectivity index (χ4v) is 3.08. The summed E-state index contributed by atoms with van der Waals surface area (Å²) in [7, 11) is -3.86. The van der Waals surface area contributed by atoms with Crippen LogP contribution in [0.2, 0.25) is 0 Å². The third-order valence-electron chi connectivity index (χ3n) is 3.10. The molecule has 22 heavy (non-hydrogen) atoms. The SMILES string of the molecule is Cc1cc(NC(=O)[C@@H](C)S(=O)(=O)Cc2ccccc2F)no1. The van der Waals surface area contributed by atoms with Crippen molar-refractivity contribution in [2.24, 2.45) is 0 Å². The fraction of sp³-hybridized carbons (Fsp3) is 0.286. The molecule has 2 rings (SSSR count). The molecule has 1 N–H and O–H groups in total. The molecule has 0 radical (unpaired) electrons. The highest BCUT2D eigenvalue weighted by Crippen LogP contribution is 2.16. The molecule has 6 nitrogen and oxygen atoms in total. The number of rotatable bonds is 5. The molecule has 0 aliphatic rings. The second-order valence-electron chi connectivity index (χ2n) is 4.85. The quantitative estimate of drug-likeness (QED) is 0.908. The van der Waals surface area contributed by atoms with E-state index in [1.165, 1.54) is 37.3 Å². The minimum atomic E-state index is -3.86. The largest absolute Gasteiger partial charge is 0.360 e. The predicted molar refractivity (Wildman–Crippen MR) is 78.4 cm³/mol. The first-order valence-electron chi connectivity index (χ1n) is 6.49. The molecule has 0 saturated heterocycles. The summed E-state index contributed by atoms with van der Waals surface area (Å²) in [6, 6.07) is 7.02. The summed E-state index contributed by atoms with van der Waals surface area (Å²) < 4.78 is 42.8. The van der Waals surface area contributed by atoms with Gasteiger partial charge in [0.1, 0.15) is 16.8 Å². The third kappa shape index (κ3) is 3.70. The van der Waals surface area contributed by atoms with Crippen molar-refractivity contribution in [3.05, 3.63) is 47.5 Å². The van der Waals surface area contributed by atoms with E-state index >= 15 is 0 Å². The molecule has 0 spiro atoms. The number of nitrogens with zero attached hydrogens (tertiary/aromatic N) is 1. The maximum atomic E-state index is 13.5. The lowest BCUT2D eigenvalue weighted by Crippen LogP contribution is -2.33. The van der Waals surface area contributed by atoms with E-state index in [9.17, 15) is 17.6 Å². The van der Waals surface area contributed by atoms with E-state index in [1.54, 1.807) is 6.92 Å². The van der Waals surface area contributed by atoms with Gasteiger partial charge < -0.3 is 9.84 Å². The van der Waals surface area contributed by atoms with Gasteiger partial charge >= 0.3 is 0 Å². The monoisotopic (exact) mass is 326 g/mol. The van der Waals surface area contributed by atoms with E-state index in [-0.39, 0.29) is 11.4 Å². The van der Waals surface area contributed by atoms with Crippen LogP contribution in [0.15, 0.2) is 34.9 Å². The Morgan fingerprint density at radius 3 is 2.68 bits per heavy atom. The number of halogens is 1. The standard InChI is InChI=1S/C14H15FN2O4S/c1-9-7-13(17-21-9)16-14(18)10(2)22(19,20)8-11-5-3-4-6-12(11)15/h3-7,10H,8H2,1-2H3,(H,16,17,18)/t10-/m1/s1. The Morgan fingerprint density at radius 2 is 2.09 bits per heavy atom. The van der Waals surface area contributed by atoms with Crippen molar-refractivity contribution in [3.63, 3.8) is 0 Å². The zero-order chi connectivity index (χ0) is 16.3. The second kappa shape index (κ2) is 6.27. The molecule has 0 aliphatic carbocycles. The van der Waals surface area contributed by atoms with Crippen molar-refractivity contribution in [2.45, 2.75) is 24.9 Å². The van der Waals surface area contributed by atoms with Crippen LogP contribution >= 0.6 is 0 Å². The van der Waals surface area contributed by atoms with Crippen molar-refractivity contribution in [1.82, 2.24) is 5.16 Å². The van der Waals surface area contributed by atoms with E-state index in [1.807, 2.05) is 0 Å². The number of carbonyl (C=O) groups is 1. The Bertz CT molecular complexity index is 786. The lowest BCUT2D eigenvalue weighted by Gasteiger charge is -2.12. The number of aryl methyl sites for hydroxylation is 1. The maximum absolute atomic E-state index is 13.5. The first-order valence-corrected chi connectivity index (χ1v) is 8.20. The van der Waals surface area contributed by atoms with Crippen molar-refractivity contribution in [1.29, 1.82) is 0 Å². The summed E-state index contributed by atoms with van der Waals surface area (Å²) >= 11 is 0. The van der Waals surface area contributed by atoms with Gasteiger partial charge in [-0.15, -0.1) is 0 Å². The van der Waals surface area contributed by atoms with E-state index in [2.05, 4.69) is 10.5 Å². The van der Waals surface area contributed by atoms with Crippen LogP contribution < -0.4 is 5.32 Å². The summed E-state index contributed by atoms with van der Waals surface area (Å²) in [5, 5.41) is 4.57. The average molecular weight is 326 g/mol. The molecule has 0 aliphatic heterocycles. The van der Waals surface area contributed by atoms with Crippen LogP contribution in [-0.2, 0) is 20.4 Å². The van der Waals surface area contributed by atoms with Gasteiger partial charge in [-0.2, -0.15) is 0 Å². The summed E-state index contributed by atoms with van der Waals surface area (Å²) in [6.07, 6.45) is 0. The van der Waals surface area contributed by atoms with E-state index in [0.717, 1.165) is 0 Å². The number of hydrogen-bond donors (Lipinski definition) is 1. The molecule has 1 aromatic carbocycles. The molecule has 0 bridgehead atoms. The molecule has 1 heterocycles. The number of aromatic nitrogens is 1. The predicted octanol–water partition coefficient (Wildman–Crippen LogP) is 2.06. The molecule has 0 fully saturated rings. The second-order valence-corrected chi connectivity index (χ2v) is 7.17. The van der Waals surface area contributed by atoms with Gasteiger partial charge in [-0.25, -0.2) is 12.8 Å². The molecule has 1 aromatic heterocycles. The number of nitrogens with one attached hydrogen (secondary N) is 1. The van der Waals surface area contributed by atoms with Gasteiger partial charge in [-0.1, -0.05) is 23.4 Å². The Balaban J connectivity index is 2.11. The lowest BCUT2D eigenvalue weighted by atomic mass is 10.2. The van der Waals surface area contributed by atoms with Crippen LogP contribution in [0.4, 0.5) is 10.2 Å². The number of benzene rings is 1. The normalized spacial score (nSPS) is 12.9. The molecule has 1 atom stereocenters. The van der Waals surface area contributed by atoms with Crippen molar-refractivity contribution in [3.8, 4) is 0 Å². The molecular formula is C14H15FN2O4S. The molecule has 1 amide bonds. The summed E-state index contributed by atoms with van der Waals surface area (Å²) in [6.45, 7) is 2.89. The molecule has 8 heteroatoms. The summed E-state index contributed by atoms with van der Waals surface area (Å²) in [4.78, 5) is 12.0. The number of hydrogen-bond acceptors (Lipinski definition) is 5. The molecule has 0 unspecified atom stereocenters. The fourth-order valence-electron chi connectivity index (χ4n) is 1.77. The van der Waals surface area contributed by atoms with Crippen LogP contribution in [0.1, 0.15) is 18.2 Å². The van der Waals surface area contributed by atoms with Gasteiger partial charge in [0.05, 0.1) is 5.75 Å². The van der Waals surface area contributed by atoms with Crippen LogP contribution in [0.25, 0.3) is 0 Å². The van der Waals surface area contributed by atoms with Crippen LogP contribution in [-0.4, -0.2) is 24.7 Å². The Hall–Kier alpha value is -2.22. The van der Waals surface area contributed by atoms with Crippen LogP contribution in [0, 0.1) is 12.7 Å². The molecule has 118 valence electrons. The van der Waals surface area contributed by atoms with Gasteiger partial charge in [-0.05, 0) is 19.9 Å². The lowest BCUT2D eigenvalue weighted by molar-refractivity contribution is -0.115. The smallest absolute Gasteiger partial charge is 0.243 e. The number of anilines is 1.